The lowest BCUT2D eigenvalue weighted by molar-refractivity contribution is 0.131. The number of rotatable bonds is 6. The molecule has 0 aliphatic carbocycles. The quantitative estimate of drug-likeness (QED) is 0.835. The summed E-state index contributed by atoms with van der Waals surface area (Å²) in [7, 11) is 0. The number of ether oxygens (including phenoxy) is 1. The first-order valence-corrected chi connectivity index (χ1v) is 7.65. The summed E-state index contributed by atoms with van der Waals surface area (Å²) < 4.78 is 5.21. The molecule has 5 nitrogen and oxygen atoms in total. The normalized spacial score (nSPS) is 19.2. The lowest BCUT2D eigenvalue weighted by Crippen LogP contribution is -2.42. The van der Waals surface area contributed by atoms with Crippen LogP contribution < -0.4 is 11.1 Å². The van der Waals surface area contributed by atoms with Gasteiger partial charge in [-0.1, -0.05) is 30.3 Å². The van der Waals surface area contributed by atoms with Crippen molar-refractivity contribution < 1.29 is 9.53 Å². The van der Waals surface area contributed by atoms with Crippen molar-refractivity contribution in [1.82, 2.24) is 10.2 Å². The van der Waals surface area contributed by atoms with E-state index >= 15 is 0 Å². The molecule has 1 amide bonds. The van der Waals surface area contributed by atoms with Gasteiger partial charge in [0.15, 0.2) is 0 Å². The fraction of sp³-hybridized carbons (Fsp3) is 0.562. The van der Waals surface area contributed by atoms with Crippen LogP contribution in [0, 0.1) is 5.92 Å². The summed E-state index contributed by atoms with van der Waals surface area (Å²) in [5.41, 5.74) is 6.59. The molecule has 2 rings (SSSR count). The molecule has 1 saturated heterocycles. The van der Waals surface area contributed by atoms with Crippen molar-refractivity contribution in [3.05, 3.63) is 35.9 Å². The third kappa shape index (κ3) is 5.73. The Hall–Kier alpha value is -1.59. The van der Waals surface area contributed by atoms with Gasteiger partial charge in [-0.05, 0) is 30.9 Å². The Kier molecular flexibility index (Phi) is 6.50. The maximum Gasteiger partial charge on any atom is 0.407 e. The number of nitrogens with two attached hydrogens (primary N) is 1. The molecular weight excluding hydrogens is 266 g/mol. The average molecular weight is 291 g/mol. The van der Waals surface area contributed by atoms with E-state index in [2.05, 4.69) is 10.2 Å². The monoisotopic (exact) mass is 291 g/mol. The minimum absolute atomic E-state index is 0.316. The predicted molar refractivity (Wildman–Crippen MR) is 82.8 cm³/mol. The van der Waals surface area contributed by atoms with Crippen molar-refractivity contribution in [2.24, 2.45) is 11.7 Å². The van der Waals surface area contributed by atoms with Crippen molar-refractivity contribution in [1.29, 1.82) is 0 Å². The zero-order valence-corrected chi connectivity index (χ0v) is 12.5. The first-order valence-electron chi connectivity index (χ1n) is 7.65. The van der Waals surface area contributed by atoms with Crippen LogP contribution in [0.5, 0.6) is 0 Å². The highest BCUT2D eigenvalue weighted by molar-refractivity contribution is 5.67. The fourth-order valence-corrected chi connectivity index (χ4v) is 2.71. The van der Waals surface area contributed by atoms with E-state index in [0.717, 1.165) is 31.6 Å². The molecule has 0 unspecified atom stereocenters. The average Bonchev–Trinajstić information content (AvgIpc) is 2.53. The Bertz CT molecular complexity index is 423. The molecule has 1 aliphatic rings. The molecule has 3 N–H and O–H groups in total. The number of likely N-dealkylation sites (tertiary alicyclic amines) is 1. The highest BCUT2D eigenvalue weighted by Crippen LogP contribution is 2.15. The highest BCUT2D eigenvalue weighted by Gasteiger charge is 2.19. The van der Waals surface area contributed by atoms with Crippen LogP contribution in [0.3, 0.4) is 0 Å². The molecule has 1 atom stereocenters. The van der Waals surface area contributed by atoms with E-state index in [1.165, 1.54) is 6.42 Å². The molecule has 1 aromatic carbocycles. The van der Waals surface area contributed by atoms with E-state index in [1.54, 1.807) is 0 Å². The number of hydrogen-bond acceptors (Lipinski definition) is 4. The number of alkyl carbamates (subject to hydrolysis) is 1. The van der Waals surface area contributed by atoms with E-state index in [9.17, 15) is 4.79 Å². The van der Waals surface area contributed by atoms with Crippen LogP contribution in [0.4, 0.5) is 4.79 Å². The topological polar surface area (TPSA) is 67.6 Å². The van der Waals surface area contributed by atoms with Gasteiger partial charge in [0, 0.05) is 26.2 Å². The van der Waals surface area contributed by atoms with Crippen molar-refractivity contribution in [2.45, 2.75) is 19.4 Å². The SMILES string of the molecule is NCCN1CCC[C@@H](CNC(=O)OCc2ccccc2)C1. The van der Waals surface area contributed by atoms with Gasteiger partial charge in [0.05, 0.1) is 0 Å². The van der Waals surface area contributed by atoms with Gasteiger partial charge in [0.1, 0.15) is 6.61 Å². The minimum atomic E-state index is -0.338. The van der Waals surface area contributed by atoms with Gasteiger partial charge in [-0.2, -0.15) is 0 Å². The van der Waals surface area contributed by atoms with Gasteiger partial charge in [0.2, 0.25) is 0 Å². The van der Waals surface area contributed by atoms with Crippen LogP contribution in [0.1, 0.15) is 18.4 Å². The second kappa shape index (κ2) is 8.64. The second-order valence-corrected chi connectivity index (χ2v) is 5.54. The second-order valence-electron chi connectivity index (χ2n) is 5.54. The third-order valence-electron chi connectivity index (χ3n) is 3.80. The molecule has 0 spiro atoms. The van der Waals surface area contributed by atoms with Crippen LogP contribution >= 0.6 is 0 Å². The third-order valence-corrected chi connectivity index (χ3v) is 3.80. The molecule has 0 radical (unpaired) electrons. The Balaban J connectivity index is 1.64. The highest BCUT2D eigenvalue weighted by atomic mass is 16.5. The lowest BCUT2D eigenvalue weighted by atomic mass is 9.98. The van der Waals surface area contributed by atoms with E-state index in [-0.39, 0.29) is 6.09 Å². The molecule has 1 heterocycles. The Morgan fingerprint density at radius 2 is 2.19 bits per heavy atom. The number of carbonyl (C=O) groups is 1. The number of nitrogens with one attached hydrogen (secondary N) is 1. The van der Waals surface area contributed by atoms with Gasteiger partial charge in [-0.3, -0.25) is 0 Å². The molecular formula is C16H25N3O2. The number of benzene rings is 1. The van der Waals surface area contributed by atoms with Crippen LogP contribution in [0.25, 0.3) is 0 Å². The maximum absolute atomic E-state index is 11.7. The van der Waals surface area contributed by atoms with Crippen LogP contribution in [-0.4, -0.2) is 43.7 Å². The molecule has 0 saturated carbocycles. The van der Waals surface area contributed by atoms with Crippen molar-refractivity contribution in [3.8, 4) is 0 Å². The van der Waals surface area contributed by atoms with Crippen molar-refractivity contribution in [2.75, 3.05) is 32.7 Å². The van der Waals surface area contributed by atoms with Crippen LogP contribution in [-0.2, 0) is 11.3 Å². The number of carbonyl (C=O) groups excluding carboxylic acids is 1. The van der Waals surface area contributed by atoms with Gasteiger partial charge in [0.25, 0.3) is 0 Å². The Labute approximate surface area is 126 Å². The maximum atomic E-state index is 11.7. The van der Waals surface area contributed by atoms with Crippen molar-refractivity contribution >= 4 is 6.09 Å². The summed E-state index contributed by atoms with van der Waals surface area (Å²) in [6.07, 6.45) is 1.99. The molecule has 116 valence electrons. The Morgan fingerprint density at radius 3 is 2.95 bits per heavy atom. The van der Waals surface area contributed by atoms with E-state index in [4.69, 9.17) is 10.5 Å². The number of piperidine rings is 1. The summed E-state index contributed by atoms with van der Waals surface area (Å²) in [5, 5.41) is 2.87. The fourth-order valence-electron chi connectivity index (χ4n) is 2.71. The van der Waals surface area contributed by atoms with E-state index in [0.29, 0.717) is 25.6 Å². The zero-order valence-electron chi connectivity index (χ0n) is 12.5. The number of hydrogen-bond donors (Lipinski definition) is 2. The molecule has 0 bridgehead atoms. The summed E-state index contributed by atoms with van der Waals surface area (Å²) in [6.45, 7) is 4.75. The largest absolute Gasteiger partial charge is 0.445 e. The molecule has 1 aromatic rings. The molecule has 5 heteroatoms. The lowest BCUT2D eigenvalue weighted by Gasteiger charge is -2.32. The van der Waals surface area contributed by atoms with E-state index < -0.39 is 0 Å². The smallest absolute Gasteiger partial charge is 0.407 e. The summed E-state index contributed by atoms with van der Waals surface area (Å²) in [4.78, 5) is 14.1. The molecule has 1 fully saturated rings. The predicted octanol–water partition coefficient (Wildman–Crippen LogP) is 1.58. The van der Waals surface area contributed by atoms with Gasteiger partial charge < -0.3 is 20.7 Å². The number of amides is 1. The van der Waals surface area contributed by atoms with Crippen molar-refractivity contribution in [3.63, 3.8) is 0 Å². The first-order chi connectivity index (χ1) is 10.3. The van der Waals surface area contributed by atoms with Crippen LogP contribution in [0.15, 0.2) is 30.3 Å². The van der Waals surface area contributed by atoms with E-state index in [1.807, 2.05) is 30.3 Å². The standard InChI is InChI=1S/C16H25N3O2/c17-8-10-19-9-4-7-15(12-19)11-18-16(20)21-13-14-5-2-1-3-6-14/h1-3,5-6,15H,4,7-13,17H2,(H,18,20)/t15-/m0/s1. The molecule has 21 heavy (non-hydrogen) atoms. The summed E-state index contributed by atoms with van der Waals surface area (Å²) in [5.74, 6) is 0.495. The summed E-state index contributed by atoms with van der Waals surface area (Å²) in [6, 6.07) is 9.70. The van der Waals surface area contributed by atoms with Gasteiger partial charge >= 0.3 is 6.09 Å². The minimum Gasteiger partial charge on any atom is -0.445 e. The molecule has 1 aliphatic heterocycles. The first kappa shape index (κ1) is 15.8. The number of nitrogens with zero attached hydrogens (tertiary/aromatic N) is 1. The van der Waals surface area contributed by atoms with Gasteiger partial charge in [-0.25, -0.2) is 4.79 Å². The van der Waals surface area contributed by atoms with Gasteiger partial charge in [-0.15, -0.1) is 0 Å². The summed E-state index contributed by atoms with van der Waals surface area (Å²) >= 11 is 0. The Morgan fingerprint density at radius 1 is 1.38 bits per heavy atom. The van der Waals surface area contributed by atoms with Crippen LogP contribution in [0.2, 0.25) is 0 Å². The zero-order chi connectivity index (χ0) is 14.9. The molecule has 0 aromatic heterocycles.